The standard InChI is InChI=1S/C25H30N2O4S/c1-18(27-16-6-7-17-27)12-13-20-9-3-5-11-23(20)32(30,31)26-22-15-14-19-8-2-4-10-21(19)24(22)25(28)29/h3,5,9,11-15,18,26H,2,4,6-8,10,16-17H2,1H3,(H,28,29)/b13-12-. The van der Waals surface area contributed by atoms with Crippen molar-refractivity contribution < 1.29 is 18.3 Å². The first-order valence-corrected chi connectivity index (χ1v) is 12.8. The molecular formula is C25H30N2O4S. The van der Waals surface area contributed by atoms with Crippen molar-refractivity contribution in [1.82, 2.24) is 4.90 Å². The molecule has 1 aliphatic carbocycles. The van der Waals surface area contributed by atoms with E-state index in [4.69, 9.17) is 0 Å². The average molecular weight is 455 g/mol. The molecule has 6 nitrogen and oxygen atoms in total. The van der Waals surface area contributed by atoms with E-state index >= 15 is 0 Å². The van der Waals surface area contributed by atoms with Gasteiger partial charge in [0.15, 0.2) is 0 Å². The molecule has 170 valence electrons. The average Bonchev–Trinajstić information content (AvgIpc) is 3.32. The maximum Gasteiger partial charge on any atom is 0.338 e. The fourth-order valence-corrected chi connectivity index (χ4v) is 6.01. The molecule has 0 aromatic heterocycles. The summed E-state index contributed by atoms with van der Waals surface area (Å²) in [4.78, 5) is 14.5. The number of carboxylic acids is 1. The van der Waals surface area contributed by atoms with Crippen LogP contribution in [-0.4, -0.2) is 43.5 Å². The topological polar surface area (TPSA) is 86.7 Å². The lowest BCUT2D eigenvalue weighted by Crippen LogP contribution is -2.28. The summed E-state index contributed by atoms with van der Waals surface area (Å²) in [6.45, 7) is 4.23. The number of aryl methyl sites for hydroxylation is 1. The van der Waals surface area contributed by atoms with Gasteiger partial charge in [0.05, 0.1) is 16.1 Å². The Balaban J connectivity index is 1.65. The van der Waals surface area contributed by atoms with E-state index in [0.717, 1.165) is 43.5 Å². The Hall–Kier alpha value is -2.64. The van der Waals surface area contributed by atoms with Crippen LogP contribution >= 0.6 is 0 Å². The maximum atomic E-state index is 13.3. The van der Waals surface area contributed by atoms with Crippen molar-refractivity contribution in [2.24, 2.45) is 0 Å². The zero-order valence-corrected chi connectivity index (χ0v) is 19.2. The van der Waals surface area contributed by atoms with Crippen LogP contribution in [0.25, 0.3) is 6.08 Å². The molecule has 1 heterocycles. The van der Waals surface area contributed by atoms with Crippen LogP contribution in [-0.2, 0) is 22.9 Å². The summed E-state index contributed by atoms with van der Waals surface area (Å²) in [6, 6.07) is 10.5. The highest BCUT2D eigenvalue weighted by molar-refractivity contribution is 7.92. The molecule has 2 aromatic rings. The molecule has 0 radical (unpaired) electrons. The van der Waals surface area contributed by atoms with Gasteiger partial charge in [-0.05, 0) is 87.4 Å². The van der Waals surface area contributed by atoms with Crippen molar-refractivity contribution in [2.45, 2.75) is 56.4 Å². The second-order valence-corrected chi connectivity index (χ2v) is 10.3. The van der Waals surface area contributed by atoms with Crippen LogP contribution < -0.4 is 4.72 Å². The lowest BCUT2D eigenvalue weighted by atomic mass is 9.87. The molecule has 2 aliphatic rings. The highest BCUT2D eigenvalue weighted by atomic mass is 32.2. The molecule has 0 saturated carbocycles. The van der Waals surface area contributed by atoms with Crippen LogP contribution in [0, 0.1) is 0 Å². The Morgan fingerprint density at radius 1 is 1.06 bits per heavy atom. The van der Waals surface area contributed by atoms with Crippen LogP contribution in [0.4, 0.5) is 5.69 Å². The zero-order chi connectivity index (χ0) is 22.7. The first-order chi connectivity index (χ1) is 15.4. The van der Waals surface area contributed by atoms with Gasteiger partial charge >= 0.3 is 5.97 Å². The minimum atomic E-state index is -3.97. The number of hydrogen-bond donors (Lipinski definition) is 2. The summed E-state index contributed by atoms with van der Waals surface area (Å²) >= 11 is 0. The van der Waals surface area contributed by atoms with Crippen molar-refractivity contribution in [3.63, 3.8) is 0 Å². The number of carboxylic acid groups (broad SMARTS) is 1. The van der Waals surface area contributed by atoms with Crippen LogP contribution in [0.5, 0.6) is 0 Å². The Bertz CT molecular complexity index is 1130. The first-order valence-electron chi connectivity index (χ1n) is 11.3. The van der Waals surface area contributed by atoms with E-state index in [0.29, 0.717) is 12.0 Å². The third kappa shape index (κ3) is 4.74. The van der Waals surface area contributed by atoms with Crippen molar-refractivity contribution >= 4 is 27.8 Å². The number of carbonyl (C=O) groups is 1. The molecule has 1 fully saturated rings. The van der Waals surface area contributed by atoms with Gasteiger partial charge in [0, 0.05) is 6.04 Å². The molecule has 0 amide bonds. The molecule has 1 unspecified atom stereocenters. The second-order valence-electron chi connectivity index (χ2n) is 8.62. The van der Waals surface area contributed by atoms with E-state index < -0.39 is 16.0 Å². The Morgan fingerprint density at radius 2 is 1.78 bits per heavy atom. The van der Waals surface area contributed by atoms with Gasteiger partial charge < -0.3 is 5.11 Å². The molecule has 1 atom stereocenters. The van der Waals surface area contributed by atoms with Crippen molar-refractivity contribution in [1.29, 1.82) is 0 Å². The summed E-state index contributed by atoms with van der Waals surface area (Å²) < 4.78 is 29.2. The maximum absolute atomic E-state index is 13.3. The van der Waals surface area contributed by atoms with Gasteiger partial charge in [-0.2, -0.15) is 0 Å². The Labute approximate surface area is 190 Å². The summed E-state index contributed by atoms with van der Waals surface area (Å²) in [5.74, 6) is -1.10. The Morgan fingerprint density at radius 3 is 2.53 bits per heavy atom. The zero-order valence-electron chi connectivity index (χ0n) is 18.4. The number of sulfonamides is 1. The quantitative estimate of drug-likeness (QED) is 0.640. The SMILES string of the molecule is CC(/C=C\c1ccccc1S(=O)(=O)Nc1ccc2c(c1C(=O)O)CCCC2)N1CCCC1. The van der Waals surface area contributed by atoms with Gasteiger partial charge in [-0.3, -0.25) is 9.62 Å². The van der Waals surface area contributed by atoms with E-state index in [1.807, 2.05) is 18.2 Å². The monoisotopic (exact) mass is 454 g/mol. The normalized spacial score (nSPS) is 17.9. The van der Waals surface area contributed by atoms with Gasteiger partial charge in [0.2, 0.25) is 0 Å². The second kappa shape index (κ2) is 9.46. The number of fused-ring (bicyclic) bond motifs is 1. The molecule has 1 saturated heterocycles. The van der Waals surface area contributed by atoms with Crippen molar-refractivity contribution in [3.8, 4) is 0 Å². The fourth-order valence-electron chi connectivity index (χ4n) is 4.73. The molecule has 0 bridgehead atoms. The number of rotatable bonds is 7. The van der Waals surface area contributed by atoms with E-state index in [-0.39, 0.29) is 22.2 Å². The number of hydrogen-bond acceptors (Lipinski definition) is 4. The van der Waals surface area contributed by atoms with Gasteiger partial charge in [0.1, 0.15) is 0 Å². The lowest BCUT2D eigenvalue weighted by Gasteiger charge is -2.21. The van der Waals surface area contributed by atoms with Crippen LogP contribution in [0.2, 0.25) is 0 Å². The summed E-state index contributed by atoms with van der Waals surface area (Å²) in [5, 5.41) is 9.84. The summed E-state index contributed by atoms with van der Waals surface area (Å²) in [5.41, 5.74) is 2.53. The predicted octanol–water partition coefficient (Wildman–Crippen LogP) is 4.56. The van der Waals surface area contributed by atoms with E-state index in [9.17, 15) is 18.3 Å². The number of aromatic carboxylic acids is 1. The fraction of sp³-hybridized carbons (Fsp3) is 0.400. The van der Waals surface area contributed by atoms with Gasteiger partial charge in [0.25, 0.3) is 10.0 Å². The number of likely N-dealkylation sites (tertiary alicyclic amines) is 1. The summed E-state index contributed by atoms with van der Waals surface area (Å²) in [7, 11) is -3.97. The lowest BCUT2D eigenvalue weighted by molar-refractivity contribution is 0.0696. The number of benzene rings is 2. The first kappa shape index (κ1) is 22.6. The summed E-state index contributed by atoms with van der Waals surface area (Å²) in [6.07, 6.45) is 9.67. The molecule has 0 spiro atoms. The van der Waals surface area contributed by atoms with Crippen LogP contribution in [0.3, 0.4) is 0 Å². The van der Waals surface area contributed by atoms with E-state index in [2.05, 4.69) is 16.5 Å². The van der Waals surface area contributed by atoms with Crippen molar-refractivity contribution in [2.75, 3.05) is 17.8 Å². The molecule has 1 aliphatic heterocycles. The molecule has 2 N–H and O–H groups in total. The van der Waals surface area contributed by atoms with E-state index in [1.54, 1.807) is 30.3 Å². The van der Waals surface area contributed by atoms with Gasteiger partial charge in [-0.1, -0.05) is 36.4 Å². The third-order valence-corrected chi connectivity index (χ3v) is 7.91. The predicted molar refractivity (Wildman–Crippen MR) is 127 cm³/mol. The number of anilines is 1. The smallest absolute Gasteiger partial charge is 0.338 e. The molecular weight excluding hydrogens is 424 g/mol. The van der Waals surface area contributed by atoms with Gasteiger partial charge in [-0.25, -0.2) is 13.2 Å². The highest BCUT2D eigenvalue weighted by Gasteiger charge is 2.25. The van der Waals surface area contributed by atoms with Crippen LogP contribution in [0.15, 0.2) is 47.4 Å². The van der Waals surface area contributed by atoms with Crippen LogP contribution in [0.1, 0.15) is 59.7 Å². The van der Waals surface area contributed by atoms with Crippen molar-refractivity contribution in [3.05, 3.63) is 64.7 Å². The number of nitrogens with zero attached hydrogens (tertiary/aromatic N) is 1. The number of nitrogens with one attached hydrogen (secondary N) is 1. The molecule has 7 heteroatoms. The minimum Gasteiger partial charge on any atom is -0.478 e. The minimum absolute atomic E-state index is 0.0708. The molecule has 2 aromatic carbocycles. The van der Waals surface area contributed by atoms with Gasteiger partial charge in [-0.15, -0.1) is 0 Å². The third-order valence-electron chi connectivity index (χ3n) is 6.47. The Kier molecular flexibility index (Phi) is 6.67. The largest absolute Gasteiger partial charge is 0.478 e. The highest BCUT2D eigenvalue weighted by Crippen LogP contribution is 2.32. The molecule has 32 heavy (non-hydrogen) atoms. The van der Waals surface area contributed by atoms with E-state index in [1.165, 1.54) is 12.8 Å². The molecule has 4 rings (SSSR count).